The molecule has 2 saturated heterocycles. The SMILES string of the molecule is CN1CCC(N2CCN(Cc3ccc4c(c3)OCC4)CC2)CC1. The van der Waals surface area contributed by atoms with Gasteiger partial charge in [0.25, 0.3) is 0 Å². The average Bonchev–Trinajstić information content (AvgIpc) is 3.04. The highest BCUT2D eigenvalue weighted by atomic mass is 16.5. The Balaban J connectivity index is 1.28. The molecule has 0 bridgehead atoms. The Hall–Kier alpha value is -1.10. The monoisotopic (exact) mass is 315 g/mol. The van der Waals surface area contributed by atoms with E-state index in [0.29, 0.717) is 0 Å². The summed E-state index contributed by atoms with van der Waals surface area (Å²) in [6.07, 6.45) is 3.77. The largest absolute Gasteiger partial charge is 0.493 e. The van der Waals surface area contributed by atoms with E-state index in [-0.39, 0.29) is 0 Å². The first-order valence-electron chi connectivity index (χ1n) is 9.17. The molecular weight excluding hydrogens is 286 g/mol. The molecule has 0 aromatic heterocycles. The average molecular weight is 315 g/mol. The van der Waals surface area contributed by atoms with Gasteiger partial charge in [-0.05, 0) is 50.2 Å². The fourth-order valence-corrected chi connectivity index (χ4v) is 4.21. The Labute approximate surface area is 140 Å². The minimum atomic E-state index is 0.821. The van der Waals surface area contributed by atoms with E-state index in [0.717, 1.165) is 31.4 Å². The van der Waals surface area contributed by atoms with Gasteiger partial charge in [-0.25, -0.2) is 0 Å². The molecule has 2 fully saturated rings. The van der Waals surface area contributed by atoms with Gasteiger partial charge >= 0.3 is 0 Å². The highest BCUT2D eigenvalue weighted by Crippen LogP contribution is 2.27. The summed E-state index contributed by atoms with van der Waals surface area (Å²) in [4.78, 5) is 7.79. The lowest BCUT2D eigenvalue weighted by Crippen LogP contribution is -2.52. The van der Waals surface area contributed by atoms with E-state index in [2.05, 4.69) is 39.9 Å². The van der Waals surface area contributed by atoms with E-state index in [1.807, 2.05) is 0 Å². The van der Waals surface area contributed by atoms with Gasteiger partial charge in [-0.15, -0.1) is 0 Å². The van der Waals surface area contributed by atoms with Crippen LogP contribution in [-0.4, -0.2) is 73.7 Å². The van der Waals surface area contributed by atoms with Crippen molar-refractivity contribution in [3.63, 3.8) is 0 Å². The smallest absolute Gasteiger partial charge is 0.122 e. The van der Waals surface area contributed by atoms with Crippen LogP contribution in [0.5, 0.6) is 5.75 Å². The summed E-state index contributed by atoms with van der Waals surface area (Å²) >= 11 is 0. The van der Waals surface area contributed by atoms with Crippen LogP contribution in [-0.2, 0) is 13.0 Å². The quantitative estimate of drug-likeness (QED) is 0.847. The number of piperidine rings is 1. The molecule has 1 aromatic carbocycles. The first-order valence-corrected chi connectivity index (χ1v) is 9.17. The molecular formula is C19H29N3O. The number of fused-ring (bicyclic) bond motifs is 1. The van der Waals surface area contributed by atoms with Crippen LogP contribution in [0.25, 0.3) is 0 Å². The van der Waals surface area contributed by atoms with Crippen LogP contribution < -0.4 is 4.74 Å². The predicted octanol–water partition coefficient (Wildman–Crippen LogP) is 1.83. The van der Waals surface area contributed by atoms with Crippen molar-refractivity contribution in [1.82, 2.24) is 14.7 Å². The van der Waals surface area contributed by atoms with Crippen LogP contribution in [0.2, 0.25) is 0 Å². The second-order valence-electron chi connectivity index (χ2n) is 7.39. The molecule has 0 spiro atoms. The van der Waals surface area contributed by atoms with Crippen molar-refractivity contribution in [3.05, 3.63) is 29.3 Å². The molecule has 4 rings (SSSR count). The number of nitrogens with zero attached hydrogens (tertiary/aromatic N) is 3. The maximum Gasteiger partial charge on any atom is 0.122 e. The molecule has 0 amide bonds. The Morgan fingerprint density at radius 2 is 1.83 bits per heavy atom. The highest BCUT2D eigenvalue weighted by molar-refractivity contribution is 5.40. The summed E-state index contributed by atoms with van der Waals surface area (Å²) < 4.78 is 5.70. The molecule has 3 heterocycles. The van der Waals surface area contributed by atoms with E-state index in [1.165, 1.54) is 63.2 Å². The van der Waals surface area contributed by atoms with E-state index < -0.39 is 0 Å². The topological polar surface area (TPSA) is 19.0 Å². The highest BCUT2D eigenvalue weighted by Gasteiger charge is 2.26. The fraction of sp³-hybridized carbons (Fsp3) is 0.684. The molecule has 0 aliphatic carbocycles. The molecule has 1 aromatic rings. The molecule has 0 N–H and O–H groups in total. The second-order valence-corrected chi connectivity index (χ2v) is 7.39. The van der Waals surface area contributed by atoms with Crippen molar-refractivity contribution in [2.45, 2.75) is 31.8 Å². The number of rotatable bonds is 3. The van der Waals surface area contributed by atoms with Crippen LogP contribution in [0.1, 0.15) is 24.0 Å². The van der Waals surface area contributed by atoms with Gasteiger partial charge in [0.1, 0.15) is 5.75 Å². The van der Waals surface area contributed by atoms with Gasteiger partial charge in [-0.3, -0.25) is 9.80 Å². The lowest BCUT2D eigenvalue weighted by molar-refractivity contribution is 0.0618. The summed E-state index contributed by atoms with van der Waals surface area (Å²) in [6, 6.07) is 7.62. The van der Waals surface area contributed by atoms with Gasteiger partial charge in [0.05, 0.1) is 6.61 Å². The van der Waals surface area contributed by atoms with E-state index >= 15 is 0 Å². The van der Waals surface area contributed by atoms with Crippen molar-refractivity contribution in [3.8, 4) is 5.75 Å². The van der Waals surface area contributed by atoms with Crippen molar-refractivity contribution >= 4 is 0 Å². The van der Waals surface area contributed by atoms with E-state index in [9.17, 15) is 0 Å². The van der Waals surface area contributed by atoms with E-state index in [1.54, 1.807) is 0 Å². The number of hydrogen-bond acceptors (Lipinski definition) is 4. The molecule has 23 heavy (non-hydrogen) atoms. The summed E-state index contributed by atoms with van der Waals surface area (Å²) in [5.41, 5.74) is 2.78. The third-order valence-corrected chi connectivity index (χ3v) is 5.78. The zero-order valence-electron chi connectivity index (χ0n) is 14.3. The molecule has 4 heteroatoms. The van der Waals surface area contributed by atoms with Gasteiger partial charge in [0.15, 0.2) is 0 Å². The Morgan fingerprint density at radius 1 is 1.04 bits per heavy atom. The maximum absolute atomic E-state index is 5.70. The minimum Gasteiger partial charge on any atom is -0.493 e. The number of benzene rings is 1. The number of hydrogen-bond donors (Lipinski definition) is 0. The zero-order chi connectivity index (χ0) is 15.6. The minimum absolute atomic E-state index is 0.821. The van der Waals surface area contributed by atoms with Gasteiger partial charge in [-0.2, -0.15) is 0 Å². The van der Waals surface area contributed by atoms with Crippen LogP contribution in [0.4, 0.5) is 0 Å². The van der Waals surface area contributed by atoms with Gasteiger partial charge in [0.2, 0.25) is 0 Å². The summed E-state index contributed by atoms with van der Waals surface area (Å²) in [5.74, 6) is 1.12. The van der Waals surface area contributed by atoms with E-state index in [4.69, 9.17) is 4.74 Å². The number of ether oxygens (including phenoxy) is 1. The third kappa shape index (κ3) is 3.54. The molecule has 0 unspecified atom stereocenters. The molecule has 4 nitrogen and oxygen atoms in total. The zero-order valence-corrected chi connectivity index (χ0v) is 14.3. The lowest BCUT2D eigenvalue weighted by Gasteiger charge is -2.42. The molecule has 3 aliphatic rings. The third-order valence-electron chi connectivity index (χ3n) is 5.78. The van der Waals surface area contributed by atoms with Crippen molar-refractivity contribution in [2.24, 2.45) is 0 Å². The fourth-order valence-electron chi connectivity index (χ4n) is 4.21. The van der Waals surface area contributed by atoms with Gasteiger partial charge in [0, 0.05) is 45.2 Å². The summed E-state index contributed by atoms with van der Waals surface area (Å²) in [7, 11) is 2.24. The first-order chi connectivity index (χ1) is 11.3. The molecule has 0 radical (unpaired) electrons. The molecule has 126 valence electrons. The van der Waals surface area contributed by atoms with Crippen LogP contribution in [0, 0.1) is 0 Å². The summed E-state index contributed by atoms with van der Waals surface area (Å²) in [5, 5.41) is 0. The van der Waals surface area contributed by atoms with Crippen molar-refractivity contribution < 1.29 is 4.74 Å². The normalized spacial score (nSPS) is 24.6. The number of piperazine rings is 1. The van der Waals surface area contributed by atoms with Crippen LogP contribution in [0.15, 0.2) is 18.2 Å². The Morgan fingerprint density at radius 3 is 2.61 bits per heavy atom. The van der Waals surface area contributed by atoms with Gasteiger partial charge < -0.3 is 9.64 Å². The molecule has 3 aliphatic heterocycles. The predicted molar refractivity (Wildman–Crippen MR) is 93.0 cm³/mol. The molecule has 0 atom stereocenters. The van der Waals surface area contributed by atoms with Crippen molar-refractivity contribution in [2.75, 3.05) is 52.9 Å². The second kappa shape index (κ2) is 6.80. The van der Waals surface area contributed by atoms with Crippen LogP contribution >= 0.6 is 0 Å². The Bertz CT molecular complexity index is 531. The summed E-state index contributed by atoms with van der Waals surface area (Å²) in [6.45, 7) is 9.31. The number of likely N-dealkylation sites (tertiary alicyclic amines) is 1. The standard InChI is InChI=1S/C19H29N3O/c1-20-7-4-18(5-8-20)22-11-9-21(10-12-22)15-16-2-3-17-6-13-23-19(17)14-16/h2-3,14,18H,4-13,15H2,1H3. The lowest BCUT2D eigenvalue weighted by atomic mass is 10.0. The maximum atomic E-state index is 5.70. The van der Waals surface area contributed by atoms with Crippen molar-refractivity contribution in [1.29, 1.82) is 0 Å². The van der Waals surface area contributed by atoms with Crippen LogP contribution in [0.3, 0.4) is 0 Å². The first kappa shape index (κ1) is 15.4. The molecule has 0 saturated carbocycles. The Kier molecular flexibility index (Phi) is 4.56. The van der Waals surface area contributed by atoms with Gasteiger partial charge in [-0.1, -0.05) is 12.1 Å².